The minimum atomic E-state index is -0.976. The van der Waals surface area contributed by atoms with Gasteiger partial charge in [-0.25, -0.2) is 9.78 Å². The Kier molecular flexibility index (Phi) is 11.9. The molecule has 11 nitrogen and oxygen atoms in total. The van der Waals surface area contributed by atoms with Crippen LogP contribution in [0.3, 0.4) is 0 Å². The van der Waals surface area contributed by atoms with E-state index in [2.05, 4.69) is 26.3 Å². The summed E-state index contributed by atoms with van der Waals surface area (Å²) in [4.78, 5) is 68.6. The molecule has 0 saturated carbocycles. The molecule has 0 aliphatic carbocycles. The van der Waals surface area contributed by atoms with Crippen molar-refractivity contribution in [2.45, 2.75) is 85.9 Å². The van der Waals surface area contributed by atoms with Crippen molar-refractivity contribution >= 4 is 40.9 Å². The number of thiazole rings is 1. The average molecular weight is 566 g/mol. The van der Waals surface area contributed by atoms with E-state index in [1.165, 1.54) is 6.20 Å². The molecule has 1 fully saturated rings. The molecule has 0 unspecified atom stereocenters. The molecule has 2 rings (SSSR count). The number of ketones is 1. The lowest BCUT2D eigenvalue weighted by Crippen LogP contribution is -2.57. The van der Waals surface area contributed by atoms with E-state index in [1.807, 2.05) is 34.6 Å². The van der Waals surface area contributed by atoms with Crippen molar-refractivity contribution < 1.29 is 28.7 Å². The van der Waals surface area contributed by atoms with Crippen molar-refractivity contribution in [3.63, 3.8) is 0 Å². The first-order valence-electron chi connectivity index (χ1n) is 13.4. The van der Waals surface area contributed by atoms with Gasteiger partial charge in [-0.2, -0.15) is 0 Å². The molecule has 0 aromatic carbocycles. The zero-order valence-corrected chi connectivity index (χ0v) is 24.8. The topological polar surface area (TPSA) is 156 Å². The molecule has 1 aliphatic heterocycles. The summed E-state index contributed by atoms with van der Waals surface area (Å²) in [5.74, 6) is -2.26. The number of amides is 4. The third-order valence-corrected chi connectivity index (χ3v) is 6.95. The molecule has 4 amide bonds. The molecule has 0 radical (unpaired) electrons. The van der Waals surface area contributed by atoms with Crippen LogP contribution in [0.1, 0.15) is 77.5 Å². The highest BCUT2D eigenvalue weighted by Gasteiger charge is 2.35. The van der Waals surface area contributed by atoms with Crippen LogP contribution in [0, 0.1) is 23.2 Å². The largest absolute Gasteiger partial charge is 0.449 e. The quantitative estimate of drug-likeness (QED) is 0.268. The summed E-state index contributed by atoms with van der Waals surface area (Å²) >= 11 is 1.16. The fourth-order valence-corrected chi connectivity index (χ4v) is 4.73. The molecular weight excluding hydrogens is 522 g/mol. The fourth-order valence-electron chi connectivity index (χ4n) is 4.10. The molecule has 0 bridgehead atoms. The number of carbonyl (C=O) groups excluding carboxylic acids is 5. The highest BCUT2D eigenvalue weighted by molar-refractivity contribution is 7.11. The third kappa shape index (κ3) is 10.6. The maximum atomic E-state index is 13.5. The lowest BCUT2D eigenvalue weighted by molar-refractivity contribution is -0.131. The van der Waals surface area contributed by atoms with Crippen molar-refractivity contribution in [3.8, 4) is 0 Å². The van der Waals surface area contributed by atoms with Crippen LogP contribution in [0.2, 0.25) is 0 Å². The van der Waals surface area contributed by atoms with E-state index in [0.29, 0.717) is 19.4 Å². The van der Waals surface area contributed by atoms with Gasteiger partial charge in [-0.3, -0.25) is 19.2 Å². The highest BCUT2D eigenvalue weighted by atomic mass is 32.1. The number of nitrogens with one attached hydrogen (secondary N) is 4. The number of aromatic nitrogens is 1. The van der Waals surface area contributed by atoms with Gasteiger partial charge in [-0.05, 0) is 36.5 Å². The minimum absolute atomic E-state index is 0.0389. The molecule has 1 aliphatic rings. The number of hydrogen-bond acceptors (Lipinski definition) is 8. The van der Waals surface area contributed by atoms with Gasteiger partial charge in [0.1, 0.15) is 12.1 Å². The van der Waals surface area contributed by atoms with Gasteiger partial charge in [-0.15, -0.1) is 11.3 Å². The number of hydrogen-bond donors (Lipinski definition) is 4. The number of carbonyl (C=O) groups is 5. The van der Waals surface area contributed by atoms with Crippen LogP contribution in [0.5, 0.6) is 0 Å². The first-order valence-corrected chi connectivity index (χ1v) is 14.3. The Bertz CT molecular complexity index is 1000. The summed E-state index contributed by atoms with van der Waals surface area (Å²) in [7, 11) is 0. The monoisotopic (exact) mass is 565 g/mol. The number of ether oxygens (including phenoxy) is 1. The second kappa shape index (κ2) is 14.4. The van der Waals surface area contributed by atoms with E-state index in [-0.39, 0.29) is 47.0 Å². The third-order valence-electron chi connectivity index (χ3n) is 6.16. The summed E-state index contributed by atoms with van der Waals surface area (Å²) in [5.41, 5.74) is -0.237. The smallest absolute Gasteiger partial charge is 0.407 e. The number of nitrogens with zero attached hydrogens (tertiary/aromatic N) is 1. The number of Topliss-reactive ketones (excluding diaryl/α,β-unsaturated/α-hetero) is 1. The summed E-state index contributed by atoms with van der Waals surface area (Å²) in [5, 5.41) is 12.8. The van der Waals surface area contributed by atoms with Crippen molar-refractivity contribution in [2.24, 2.45) is 23.2 Å². The van der Waals surface area contributed by atoms with Gasteiger partial charge in [0.2, 0.25) is 23.5 Å². The second-order valence-corrected chi connectivity index (χ2v) is 12.9. The van der Waals surface area contributed by atoms with Crippen LogP contribution >= 0.6 is 11.3 Å². The van der Waals surface area contributed by atoms with Crippen LogP contribution < -0.4 is 21.3 Å². The first-order chi connectivity index (χ1) is 18.2. The maximum Gasteiger partial charge on any atom is 0.407 e. The Hall–Kier alpha value is -3.02. The lowest BCUT2D eigenvalue weighted by Gasteiger charge is -2.28. The Morgan fingerprint density at radius 1 is 1.08 bits per heavy atom. The van der Waals surface area contributed by atoms with Crippen LogP contribution in [0.25, 0.3) is 0 Å². The van der Waals surface area contributed by atoms with Crippen molar-refractivity contribution in [3.05, 3.63) is 16.6 Å². The lowest BCUT2D eigenvalue weighted by atomic mass is 9.95. The van der Waals surface area contributed by atoms with Crippen LogP contribution in [-0.4, -0.2) is 65.9 Å². The van der Waals surface area contributed by atoms with Gasteiger partial charge in [0.25, 0.3) is 0 Å². The van der Waals surface area contributed by atoms with E-state index in [0.717, 1.165) is 11.3 Å². The van der Waals surface area contributed by atoms with E-state index in [1.54, 1.807) is 19.2 Å². The Balaban J connectivity index is 2.17. The molecule has 39 heavy (non-hydrogen) atoms. The first kappa shape index (κ1) is 32.2. The minimum Gasteiger partial charge on any atom is -0.449 e. The van der Waals surface area contributed by atoms with Gasteiger partial charge in [-0.1, -0.05) is 48.5 Å². The van der Waals surface area contributed by atoms with Crippen LogP contribution in [0.15, 0.2) is 11.6 Å². The highest BCUT2D eigenvalue weighted by Crippen LogP contribution is 2.20. The average Bonchev–Trinajstić information content (AvgIpc) is 3.51. The summed E-state index contributed by atoms with van der Waals surface area (Å²) in [6.07, 6.45) is 1.79. The zero-order chi connectivity index (χ0) is 29.3. The Labute approximate surface area is 234 Å². The summed E-state index contributed by atoms with van der Waals surface area (Å²) < 4.78 is 5.26. The normalized spacial score (nSPS) is 17.8. The van der Waals surface area contributed by atoms with Crippen molar-refractivity contribution in [1.29, 1.82) is 0 Å². The standard InChI is InChI=1S/C27H43N5O6S/c1-15(2)12-19(31-24(36)20(16(3)4)32-26(37)38-14-27(5,6)7)23(35)30-18(13-17-8-9-28-22(17)34)21(33)25-29-10-11-39-25/h10-11,15-20H,8-9,12-14H2,1-7H3,(H,28,34)(H,30,35)(H,31,36)(H,32,37)/t17-,18-,19-,20-/m1/s1. The molecule has 4 N–H and O–H groups in total. The SMILES string of the molecule is CC(C)C[C@@H](NC(=O)[C@H](NC(=O)OCC(C)(C)C)C(C)C)C(=O)N[C@H](C[C@H]1CCNC1=O)C(=O)c1nccs1. The van der Waals surface area contributed by atoms with Gasteiger partial charge >= 0.3 is 6.09 Å². The molecule has 12 heteroatoms. The molecule has 0 spiro atoms. The molecule has 1 aromatic heterocycles. The van der Waals surface area contributed by atoms with Gasteiger partial charge in [0.15, 0.2) is 5.01 Å². The Morgan fingerprint density at radius 2 is 1.74 bits per heavy atom. The van der Waals surface area contributed by atoms with Crippen molar-refractivity contribution in [1.82, 2.24) is 26.3 Å². The maximum absolute atomic E-state index is 13.5. The number of rotatable bonds is 13. The van der Waals surface area contributed by atoms with E-state index in [4.69, 9.17) is 4.74 Å². The predicted molar refractivity (Wildman–Crippen MR) is 148 cm³/mol. The van der Waals surface area contributed by atoms with Crippen LogP contribution in [-0.2, 0) is 19.1 Å². The molecule has 1 aromatic rings. The molecular formula is C27H43N5O6S. The number of alkyl carbamates (subject to hydrolysis) is 1. The van der Waals surface area contributed by atoms with E-state index >= 15 is 0 Å². The zero-order valence-electron chi connectivity index (χ0n) is 24.0. The Morgan fingerprint density at radius 3 is 2.26 bits per heavy atom. The predicted octanol–water partition coefficient (Wildman–Crippen LogP) is 2.66. The molecule has 2 heterocycles. The summed E-state index contributed by atoms with van der Waals surface area (Å²) in [6.45, 7) is 13.9. The molecule has 218 valence electrons. The molecule has 4 atom stereocenters. The van der Waals surface area contributed by atoms with Gasteiger partial charge in [0.05, 0.1) is 12.6 Å². The van der Waals surface area contributed by atoms with E-state index in [9.17, 15) is 24.0 Å². The van der Waals surface area contributed by atoms with Crippen molar-refractivity contribution in [2.75, 3.05) is 13.2 Å². The summed E-state index contributed by atoms with van der Waals surface area (Å²) in [6, 6.07) is -2.87. The second-order valence-electron chi connectivity index (χ2n) is 12.0. The van der Waals surface area contributed by atoms with Gasteiger partial charge < -0.3 is 26.0 Å². The fraction of sp³-hybridized carbons (Fsp3) is 0.704. The van der Waals surface area contributed by atoms with E-state index < -0.39 is 42.0 Å². The van der Waals surface area contributed by atoms with Crippen LogP contribution in [0.4, 0.5) is 4.79 Å². The van der Waals surface area contributed by atoms with Gasteiger partial charge in [0, 0.05) is 24.0 Å². The molecule has 1 saturated heterocycles.